The second-order valence-corrected chi connectivity index (χ2v) is 4.66. The lowest BCUT2D eigenvalue weighted by atomic mass is 10.1. The van der Waals surface area contributed by atoms with Gasteiger partial charge in [0, 0.05) is 11.8 Å². The molecule has 0 fully saturated rings. The Balaban J connectivity index is 2.14. The van der Waals surface area contributed by atoms with E-state index >= 15 is 0 Å². The van der Waals surface area contributed by atoms with Gasteiger partial charge in [-0.25, -0.2) is 4.39 Å². The number of hydrogen-bond acceptors (Lipinski definition) is 2. The molecule has 0 spiro atoms. The number of aliphatic hydroxyl groups excluding tert-OH is 1. The fourth-order valence-corrected chi connectivity index (χ4v) is 1.91. The predicted octanol–water partition coefficient (Wildman–Crippen LogP) is 2.36. The van der Waals surface area contributed by atoms with Gasteiger partial charge in [0.15, 0.2) is 0 Å². The highest BCUT2D eigenvalue weighted by Gasteiger charge is 2.12. The smallest absolute Gasteiger partial charge is 0.129 e. The predicted molar refractivity (Wildman–Crippen MR) is 66.3 cm³/mol. The zero-order chi connectivity index (χ0) is 11.5. The van der Waals surface area contributed by atoms with Crippen molar-refractivity contribution in [2.24, 2.45) is 0 Å². The molecular formula is C11H10FIN2O. The Morgan fingerprint density at radius 1 is 1.44 bits per heavy atom. The summed E-state index contributed by atoms with van der Waals surface area (Å²) in [4.78, 5) is 0. The van der Waals surface area contributed by atoms with Gasteiger partial charge >= 0.3 is 0 Å². The van der Waals surface area contributed by atoms with E-state index in [1.165, 1.54) is 6.07 Å². The monoisotopic (exact) mass is 332 g/mol. The molecule has 0 amide bonds. The first-order valence-corrected chi connectivity index (χ1v) is 5.85. The average Bonchev–Trinajstić information content (AvgIpc) is 2.64. The molecule has 1 N–H and O–H groups in total. The van der Waals surface area contributed by atoms with E-state index in [2.05, 4.69) is 27.7 Å². The molecule has 0 saturated heterocycles. The van der Waals surface area contributed by atoms with Crippen molar-refractivity contribution in [3.05, 3.63) is 51.6 Å². The summed E-state index contributed by atoms with van der Waals surface area (Å²) < 4.78 is 15.9. The van der Waals surface area contributed by atoms with Crippen molar-refractivity contribution in [1.82, 2.24) is 9.78 Å². The molecule has 1 unspecified atom stereocenters. The van der Waals surface area contributed by atoms with Gasteiger partial charge in [-0.3, -0.25) is 4.68 Å². The lowest BCUT2D eigenvalue weighted by Crippen LogP contribution is -2.10. The van der Waals surface area contributed by atoms with Crippen molar-refractivity contribution < 1.29 is 9.50 Å². The minimum atomic E-state index is -0.878. The van der Waals surface area contributed by atoms with Crippen LogP contribution in [0.4, 0.5) is 4.39 Å². The lowest BCUT2D eigenvalue weighted by molar-refractivity contribution is 0.147. The van der Waals surface area contributed by atoms with Crippen LogP contribution < -0.4 is 0 Å². The number of hydrogen-bond donors (Lipinski definition) is 1. The normalized spacial score (nSPS) is 12.7. The Morgan fingerprint density at radius 3 is 2.81 bits per heavy atom. The number of halogens is 2. The van der Waals surface area contributed by atoms with E-state index < -0.39 is 11.9 Å². The highest BCUT2D eigenvalue weighted by atomic mass is 127. The fraction of sp³-hybridized carbons (Fsp3) is 0.182. The molecule has 16 heavy (non-hydrogen) atoms. The van der Waals surface area contributed by atoms with E-state index in [-0.39, 0.29) is 6.54 Å². The van der Waals surface area contributed by atoms with Crippen molar-refractivity contribution in [2.45, 2.75) is 12.6 Å². The maximum absolute atomic E-state index is 13.4. The van der Waals surface area contributed by atoms with Crippen LogP contribution in [-0.2, 0) is 6.54 Å². The third-order valence-corrected chi connectivity index (χ3v) is 2.78. The standard InChI is InChI=1S/C11H10FIN2O/c12-10-4-2-1-3-9(10)11(16)7-15-6-8(13)5-14-15/h1-6,11,16H,7H2. The molecule has 0 bridgehead atoms. The van der Waals surface area contributed by atoms with Gasteiger partial charge in [0.1, 0.15) is 11.9 Å². The van der Waals surface area contributed by atoms with Crippen LogP contribution in [0.1, 0.15) is 11.7 Å². The highest BCUT2D eigenvalue weighted by Crippen LogP contribution is 2.18. The van der Waals surface area contributed by atoms with Crippen molar-refractivity contribution >= 4 is 22.6 Å². The first kappa shape index (κ1) is 11.5. The summed E-state index contributed by atoms with van der Waals surface area (Å²) in [6.07, 6.45) is 2.61. The molecule has 5 heteroatoms. The zero-order valence-electron chi connectivity index (χ0n) is 8.35. The molecule has 3 nitrogen and oxygen atoms in total. The van der Waals surface area contributed by atoms with E-state index in [1.54, 1.807) is 35.3 Å². The van der Waals surface area contributed by atoms with E-state index in [1.807, 2.05) is 0 Å². The molecule has 0 aliphatic rings. The zero-order valence-corrected chi connectivity index (χ0v) is 10.5. The number of aliphatic hydroxyl groups is 1. The van der Waals surface area contributed by atoms with Crippen molar-refractivity contribution in [1.29, 1.82) is 0 Å². The van der Waals surface area contributed by atoms with Gasteiger partial charge in [-0.1, -0.05) is 18.2 Å². The molecule has 0 aliphatic carbocycles. The highest BCUT2D eigenvalue weighted by molar-refractivity contribution is 14.1. The Hall–Kier alpha value is -0.950. The third kappa shape index (κ3) is 2.59. The number of nitrogens with zero attached hydrogens (tertiary/aromatic N) is 2. The SMILES string of the molecule is OC(Cn1cc(I)cn1)c1ccccc1F. The van der Waals surface area contributed by atoms with Crippen LogP contribution in [0.5, 0.6) is 0 Å². The second-order valence-electron chi connectivity index (χ2n) is 3.42. The third-order valence-electron chi connectivity index (χ3n) is 2.23. The van der Waals surface area contributed by atoms with Crippen LogP contribution in [0.2, 0.25) is 0 Å². The molecule has 0 radical (unpaired) electrons. The molecule has 0 saturated carbocycles. The van der Waals surface area contributed by atoms with Crippen LogP contribution in [0.3, 0.4) is 0 Å². The van der Waals surface area contributed by atoms with Gasteiger partial charge in [-0.05, 0) is 28.7 Å². The van der Waals surface area contributed by atoms with Crippen LogP contribution in [-0.4, -0.2) is 14.9 Å². The first-order valence-electron chi connectivity index (χ1n) is 4.77. The van der Waals surface area contributed by atoms with Gasteiger partial charge < -0.3 is 5.11 Å². The molecule has 0 aliphatic heterocycles. The van der Waals surface area contributed by atoms with Gasteiger partial charge in [-0.2, -0.15) is 5.10 Å². The number of benzene rings is 1. The topological polar surface area (TPSA) is 38.0 Å². The molecule has 2 aromatic rings. The Bertz CT molecular complexity index is 486. The maximum atomic E-state index is 13.4. The summed E-state index contributed by atoms with van der Waals surface area (Å²) in [6.45, 7) is 0.254. The van der Waals surface area contributed by atoms with E-state index in [4.69, 9.17) is 0 Å². The second kappa shape index (κ2) is 4.92. The van der Waals surface area contributed by atoms with Crippen LogP contribution >= 0.6 is 22.6 Å². The lowest BCUT2D eigenvalue weighted by Gasteiger charge is -2.11. The molecule has 1 aromatic heterocycles. The Labute approximate surface area is 106 Å². The van der Waals surface area contributed by atoms with Crippen LogP contribution in [0.25, 0.3) is 0 Å². The van der Waals surface area contributed by atoms with Gasteiger partial charge in [0.05, 0.1) is 16.3 Å². The summed E-state index contributed by atoms with van der Waals surface area (Å²) in [5.74, 6) is -0.392. The van der Waals surface area contributed by atoms with Crippen molar-refractivity contribution in [2.75, 3.05) is 0 Å². The minimum Gasteiger partial charge on any atom is -0.386 e. The Kier molecular flexibility index (Phi) is 3.55. The quantitative estimate of drug-likeness (QED) is 0.877. The Morgan fingerprint density at radius 2 is 2.19 bits per heavy atom. The molecule has 1 heterocycles. The summed E-state index contributed by atoms with van der Waals surface area (Å²) in [6, 6.07) is 6.22. The van der Waals surface area contributed by atoms with E-state index in [0.717, 1.165) is 3.57 Å². The summed E-state index contributed by atoms with van der Waals surface area (Å²) in [5.41, 5.74) is 0.299. The largest absolute Gasteiger partial charge is 0.386 e. The summed E-state index contributed by atoms with van der Waals surface area (Å²) in [7, 11) is 0. The van der Waals surface area contributed by atoms with Gasteiger partial charge in [0.2, 0.25) is 0 Å². The average molecular weight is 332 g/mol. The summed E-state index contributed by atoms with van der Waals surface area (Å²) >= 11 is 2.13. The molecule has 1 aromatic carbocycles. The van der Waals surface area contributed by atoms with Gasteiger partial charge in [0.25, 0.3) is 0 Å². The number of rotatable bonds is 3. The van der Waals surface area contributed by atoms with Crippen molar-refractivity contribution in [3.8, 4) is 0 Å². The number of aromatic nitrogens is 2. The molecule has 1 atom stereocenters. The van der Waals surface area contributed by atoms with Gasteiger partial charge in [-0.15, -0.1) is 0 Å². The molecule has 84 valence electrons. The summed E-state index contributed by atoms with van der Waals surface area (Å²) in [5, 5.41) is 13.9. The van der Waals surface area contributed by atoms with Crippen LogP contribution in [0.15, 0.2) is 36.7 Å². The van der Waals surface area contributed by atoms with Crippen LogP contribution in [0, 0.1) is 9.39 Å². The molecular weight excluding hydrogens is 322 g/mol. The minimum absolute atomic E-state index is 0.254. The first-order chi connectivity index (χ1) is 7.66. The van der Waals surface area contributed by atoms with E-state index in [9.17, 15) is 9.50 Å². The van der Waals surface area contributed by atoms with Crippen molar-refractivity contribution in [3.63, 3.8) is 0 Å². The molecule has 2 rings (SSSR count). The van der Waals surface area contributed by atoms with E-state index in [0.29, 0.717) is 5.56 Å². The maximum Gasteiger partial charge on any atom is 0.129 e. The fourth-order valence-electron chi connectivity index (χ4n) is 1.46.